The molecular formula is C62H55FN12O6. The second kappa shape index (κ2) is 17.7. The molecule has 4 aromatic heterocycles. The molecule has 0 saturated heterocycles. The summed E-state index contributed by atoms with van der Waals surface area (Å²) in [4.78, 5) is 55.0. The lowest BCUT2D eigenvalue weighted by molar-refractivity contribution is -0.134. The number of benzene rings is 4. The average molecular weight is 1080 g/mol. The fourth-order valence-electron chi connectivity index (χ4n) is 14.4. The number of nitrogens with zero attached hydrogens (tertiary/aromatic N) is 8. The van der Waals surface area contributed by atoms with Gasteiger partial charge in [-0.2, -0.15) is 0 Å². The maximum absolute atomic E-state index is 14.2. The Morgan fingerprint density at radius 3 is 1.94 bits per heavy atom. The van der Waals surface area contributed by atoms with Crippen molar-refractivity contribution in [3.05, 3.63) is 155 Å². The van der Waals surface area contributed by atoms with Gasteiger partial charge in [-0.15, -0.1) is 0 Å². The van der Waals surface area contributed by atoms with E-state index in [0.717, 1.165) is 40.7 Å². The van der Waals surface area contributed by atoms with Gasteiger partial charge in [0.05, 0.1) is 47.8 Å². The maximum Gasteiger partial charge on any atom is 0.229 e. The van der Waals surface area contributed by atoms with Crippen LogP contribution in [0.3, 0.4) is 0 Å². The van der Waals surface area contributed by atoms with Crippen LogP contribution >= 0.6 is 0 Å². The third-order valence-electron chi connectivity index (χ3n) is 18.7. The lowest BCUT2D eigenvalue weighted by Gasteiger charge is -2.25. The van der Waals surface area contributed by atoms with Crippen molar-refractivity contribution in [2.24, 2.45) is 28.6 Å². The van der Waals surface area contributed by atoms with Gasteiger partial charge in [0.2, 0.25) is 23.5 Å². The lowest BCUT2D eigenvalue weighted by atomic mass is 9.93. The van der Waals surface area contributed by atoms with Crippen LogP contribution in [0.1, 0.15) is 89.1 Å². The van der Waals surface area contributed by atoms with Crippen LogP contribution in [-0.4, -0.2) is 121 Å². The normalized spacial score (nSPS) is 32.0. The molecule has 0 bridgehead atoms. The van der Waals surface area contributed by atoms with E-state index in [0.29, 0.717) is 58.3 Å². The first kappa shape index (κ1) is 49.5. The number of aryl methyl sites for hydroxylation is 1. The Hall–Kier alpha value is -8.59. The van der Waals surface area contributed by atoms with Crippen LogP contribution in [0.5, 0.6) is 0 Å². The Kier molecular flexibility index (Phi) is 10.8. The number of anilines is 2. The molecule has 19 heteroatoms. The number of imidazole rings is 2. The van der Waals surface area contributed by atoms with E-state index in [2.05, 4.69) is 81.3 Å². The smallest absolute Gasteiger partial charge is 0.229 e. The molecule has 7 aliphatic rings. The first-order valence-electron chi connectivity index (χ1n) is 27.5. The topological polar surface area (TPSA) is 250 Å². The second-order valence-corrected chi connectivity index (χ2v) is 23.3. The van der Waals surface area contributed by atoms with Crippen LogP contribution in [0.15, 0.2) is 110 Å². The van der Waals surface area contributed by atoms with Crippen LogP contribution in [0.2, 0.25) is 0 Å². The molecule has 8 aromatic rings. The third kappa shape index (κ3) is 7.55. The Morgan fingerprint density at radius 2 is 1.27 bits per heavy atom. The molecule has 81 heavy (non-hydrogen) atoms. The summed E-state index contributed by atoms with van der Waals surface area (Å²) in [5, 5.41) is 58.7. The fourth-order valence-corrected chi connectivity index (χ4v) is 14.4. The van der Waals surface area contributed by atoms with E-state index in [1.54, 1.807) is 48.0 Å². The SMILES string of the molecule is CNC(=O)C12CC1[C@H]1C(n3cnc4c(NC5CC5c5cccc(-c6cc(C)cc(C#Cc7nc(NC8CC8c8ccccc8)c8ncn([C@@H]9C%10CC%10(C(=O)NC)[C@@H](O)[C@H]9O)c8n7)c6)c5)nc(C#Cc5cccc(F)c5)nc43)[C@@]1(O)[C@@H]2O. The van der Waals surface area contributed by atoms with Crippen LogP contribution < -0.4 is 21.3 Å². The molecule has 18 nitrogen and oxygen atoms in total. The number of fused-ring (bicyclic) bond motifs is 6. The van der Waals surface area contributed by atoms with Crippen molar-refractivity contribution in [3.63, 3.8) is 0 Å². The molecule has 0 spiro atoms. The van der Waals surface area contributed by atoms with Gasteiger partial charge in [-0.05, 0) is 109 Å². The van der Waals surface area contributed by atoms with Crippen LogP contribution in [-0.2, 0) is 9.59 Å². The number of hydrogen-bond donors (Lipinski definition) is 8. The number of aliphatic hydroxyl groups excluding tert-OH is 3. The summed E-state index contributed by atoms with van der Waals surface area (Å²) in [6, 6.07) is 29.8. The molecule has 0 aliphatic heterocycles. The molecule has 15 rings (SSSR count). The summed E-state index contributed by atoms with van der Waals surface area (Å²) >= 11 is 0. The minimum Gasteiger partial charge on any atom is -0.389 e. The average Bonchev–Trinajstić information content (AvgIpc) is 4.48. The van der Waals surface area contributed by atoms with E-state index >= 15 is 0 Å². The van der Waals surface area contributed by atoms with E-state index in [1.807, 2.05) is 43.3 Å². The van der Waals surface area contributed by atoms with Crippen molar-refractivity contribution in [2.45, 2.75) is 92.5 Å². The third-order valence-corrected chi connectivity index (χ3v) is 18.7. The minimum absolute atomic E-state index is 0.0285. The molecule has 0 radical (unpaired) electrons. The van der Waals surface area contributed by atoms with Gasteiger partial charge in [-0.1, -0.05) is 78.6 Å². The standard InChI is InChI=1S/C62H55FN12O6/c1-30-19-32(16-18-45-71-53(68-42-24-38(42)33-10-5-4-6-11-33)47-55(72-45)74(28-66-47)49-41-27-60(41,58(79)64-2)52(77)50(49)76)21-36(20-30)34-12-8-13-35(23-34)39-25-43(39)69-54-48-56(73-44(70-54)17-15-31-9-7-14-37(63)22-31)75(29-67-48)51-46-40-26-61(40,59(80)65-3)57(78)62(46,51)81/h4-14,19-23,28-29,38-43,46,49-52,57,76-78,81H,24-27H2,1-3H3,(H,64,79)(H,65,80)(H,68,71,72)(H,69,70,73)/t38?,39?,40?,41?,42?,43?,46-,49+,50-,51?,52-,57+,60?,61?,62+/m0/s1. The number of carbonyl (C=O) groups excluding carboxylic acids is 2. The Balaban J connectivity index is 0.709. The number of rotatable bonds is 11. The first-order chi connectivity index (χ1) is 39.2. The summed E-state index contributed by atoms with van der Waals surface area (Å²) in [7, 11) is 3.08. The predicted octanol–water partition coefficient (Wildman–Crippen LogP) is 4.87. The van der Waals surface area contributed by atoms with E-state index in [-0.39, 0.29) is 59.2 Å². The van der Waals surface area contributed by atoms with Crippen molar-refractivity contribution in [3.8, 4) is 34.8 Å². The van der Waals surface area contributed by atoms with E-state index in [4.69, 9.17) is 29.9 Å². The number of aliphatic hydroxyl groups is 4. The molecule has 406 valence electrons. The molecular weight excluding hydrogens is 1030 g/mol. The Labute approximate surface area is 463 Å². The highest BCUT2D eigenvalue weighted by Crippen LogP contribution is 2.82. The number of carbonyl (C=O) groups is 2. The van der Waals surface area contributed by atoms with Gasteiger partial charge in [-0.3, -0.25) is 9.59 Å². The van der Waals surface area contributed by atoms with Crippen LogP contribution in [0, 0.1) is 65.0 Å². The van der Waals surface area contributed by atoms with Gasteiger partial charge in [0.1, 0.15) is 17.5 Å². The van der Waals surface area contributed by atoms with Gasteiger partial charge in [0, 0.05) is 61.0 Å². The fraction of sp³-hybridized carbons (Fsp3) is 0.355. The van der Waals surface area contributed by atoms with Gasteiger partial charge < -0.3 is 50.8 Å². The monoisotopic (exact) mass is 1080 g/mol. The summed E-state index contributed by atoms with van der Waals surface area (Å²) in [5.74, 6) is 12.5. The van der Waals surface area contributed by atoms with E-state index in [1.165, 1.54) is 17.7 Å². The van der Waals surface area contributed by atoms with Gasteiger partial charge >= 0.3 is 0 Å². The predicted molar refractivity (Wildman–Crippen MR) is 295 cm³/mol. The molecule has 7 saturated carbocycles. The molecule has 9 unspecified atom stereocenters. The zero-order valence-corrected chi connectivity index (χ0v) is 44.2. The molecule has 2 amide bonds. The molecule has 7 aliphatic carbocycles. The largest absolute Gasteiger partial charge is 0.389 e. The highest BCUT2D eigenvalue weighted by molar-refractivity contribution is 5.90. The highest BCUT2D eigenvalue weighted by atomic mass is 19.1. The van der Waals surface area contributed by atoms with E-state index < -0.39 is 52.6 Å². The number of hydrogen-bond acceptors (Lipinski definition) is 14. The molecule has 4 aromatic carbocycles. The van der Waals surface area contributed by atoms with Crippen molar-refractivity contribution in [2.75, 3.05) is 24.7 Å². The minimum atomic E-state index is -1.53. The number of halogens is 1. The molecule has 7 fully saturated rings. The summed E-state index contributed by atoms with van der Waals surface area (Å²) in [6.07, 6.45) is 2.13. The van der Waals surface area contributed by atoms with Gasteiger partial charge in [0.15, 0.2) is 34.0 Å². The first-order valence-corrected chi connectivity index (χ1v) is 27.5. The lowest BCUT2D eigenvalue weighted by Crippen LogP contribution is -2.45. The van der Waals surface area contributed by atoms with E-state index in [9.17, 15) is 34.4 Å². The van der Waals surface area contributed by atoms with Crippen molar-refractivity contribution < 1.29 is 34.4 Å². The summed E-state index contributed by atoms with van der Waals surface area (Å²) in [6.45, 7) is 2.03. The number of nitrogens with one attached hydrogen (secondary N) is 4. The second-order valence-electron chi connectivity index (χ2n) is 23.3. The van der Waals surface area contributed by atoms with Crippen LogP contribution in [0.4, 0.5) is 16.0 Å². The zero-order valence-electron chi connectivity index (χ0n) is 44.2. The summed E-state index contributed by atoms with van der Waals surface area (Å²) in [5.41, 5.74) is 4.78. The van der Waals surface area contributed by atoms with Gasteiger partial charge in [-0.25, -0.2) is 34.3 Å². The zero-order chi connectivity index (χ0) is 55.4. The van der Waals surface area contributed by atoms with Gasteiger partial charge in [0.25, 0.3) is 0 Å². The molecule has 4 heterocycles. The number of amides is 2. The Bertz CT molecular complexity index is 4130. The quantitative estimate of drug-likeness (QED) is 0.0806. The Morgan fingerprint density at radius 1 is 0.654 bits per heavy atom. The van der Waals surface area contributed by atoms with Crippen LogP contribution in [0.25, 0.3) is 33.5 Å². The van der Waals surface area contributed by atoms with Crippen molar-refractivity contribution in [1.82, 2.24) is 49.7 Å². The van der Waals surface area contributed by atoms with Crippen molar-refractivity contribution >= 4 is 45.8 Å². The summed E-state index contributed by atoms with van der Waals surface area (Å²) < 4.78 is 17.7. The number of aromatic nitrogens is 8. The maximum atomic E-state index is 14.2. The van der Waals surface area contributed by atoms with Crippen molar-refractivity contribution in [1.29, 1.82) is 0 Å². The highest BCUT2D eigenvalue weighted by Gasteiger charge is 2.91. The molecule has 15 atom stereocenters. The molecule has 8 N–H and O–H groups in total.